The summed E-state index contributed by atoms with van der Waals surface area (Å²) in [6.45, 7) is 2.77. The van der Waals surface area contributed by atoms with Gasteiger partial charge in [-0.2, -0.15) is 0 Å². The molecule has 1 amide bonds. The number of nitro groups is 1. The minimum Gasteiger partial charge on any atom is -0.465 e. The summed E-state index contributed by atoms with van der Waals surface area (Å²) in [6.07, 6.45) is 2.33. The quantitative estimate of drug-likeness (QED) is 0.467. The number of methoxy groups -OCH3 is 1. The maximum Gasteiger partial charge on any atom is 0.338 e. The van der Waals surface area contributed by atoms with Crippen LogP contribution in [0.25, 0.3) is 0 Å². The average molecular weight is 383 g/mol. The van der Waals surface area contributed by atoms with E-state index in [1.165, 1.54) is 26.0 Å². The van der Waals surface area contributed by atoms with Crippen LogP contribution >= 0.6 is 0 Å². The second-order valence-corrected chi connectivity index (χ2v) is 6.61. The molecule has 2 aromatic rings. The zero-order chi connectivity index (χ0) is 20.1. The predicted molar refractivity (Wildman–Crippen MR) is 103 cm³/mol. The molecule has 0 atom stereocenters. The van der Waals surface area contributed by atoms with Gasteiger partial charge < -0.3 is 10.1 Å². The Hall–Kier alpha value is -3.26. The van der Waals surface area contributed by atoms with Crippen molar-refractivity contribution in [3.8, 4) is 0 Å². The Labute approximate surface area is 162 Å². The summed E-state index contributed by atoms with van der Waals surface area (Å²) in [7, 11) is 1.18. The molecule has 1 aliphatic rings. The minimum absolute atomic E-state index is 0.0191. The van der Waals surface area contributed by atoms with Gasteiger partial charge in [-0.3, -0.25) is 19.8 Å². The predicted octanol–water partition coefficient (Wildman–Crippen LogP) is 3.23. The summed E-state index contributed by atoms with van der Waals surface area (Å²) in [5, 5.41) is 14.0. The molecular formula is C20H21N3O5. The molecule has 0 aliphatic carbocycles. The molecule has 1 heterocycles. The van der Waals surface area contributed by atoms with Crippen LogP contribution < -0.4 is 5.32 Å². The molecule has 8 heteroatoms. The lowest BCUT2D eigenvalue weighted by Gasteiger charge is -2.18. The van der Waals surface area contributed by atoms with E-state index in [0.717, 1.165) is 37.3 Å². The number of nitrogens with one attached hydrogen (secondary N) is 1. The van der Waals surface area contributed by atoms with E-state index >= 15 is 0 Å². The fourth-order valence-corrected chi connectivity index (χ4v) is 3.24. The van der Waals surface area contributed by atoms with Crippen LogP contribution in [0.4, 0.5) is 11.4 Å². The number of nitro benzene ring substituents is 1. The van der Waals surface area contributed by atoms with Crippen LogP contribution in [-0.2, 0) is 11.3 Å². The van der Waals surface area contributed by atoms with Gasteiger partial charge in [-0.25, -0.2) is 4.79 Å². The first-order chi connectivity index (χ1) is 13.5. The molecular weight excluding hydrogens is 362 g/mol. The highest BCUT2D eigenvalue weighted by Crippen LogP contribution is 2.23. The first-order valence-corrected chi connectivity index (χ1v) is 8.97. The number of ether oxygens (including phenoxy) is 1. The summed E-state index contributed by atoms with van der Waals surface area (Å²) in [4.78, 5) is 37.4. The molecule has 1 fully saturated rings. The van der Waals surface area contributed by atoms with Crippen molar-refractivity contribution in [2.45, 2.75) is 19.4 Å². The van der Waals surface area contributed by atoms with Crippen LogP contribution in [0.15, 0.2) is 42.5 Å². The third kappa shape index (κ3) is 4.52. The Morgan fingerprint density at radius 1 is 1.14 bits per heavy atom. The minimum atomic E-state index is -0.743. The number of nitrogens with zero attached hydrogens (tertiary/aromatic N) is 2. The molecule has 0 radical (unpaired) electrons. The monoisotopic (exact) mass is 383 g/mol. The topological polar surface area (TPSA) is 102 Å². The van der Waals surface area contributed by atoms with Crippen molar-refractivity contribution >= 4 is 23.3 Å². The highest BCUT2D eigenvalue weighted by Gasteiger charge is 2.20. The molecule has 0 aromatic heterocycles. The number of carbonyl (C=O) groups is 2. The third-order valence-electron chi connectivity index (χ3n) is 4.67. The fourth-order valence-electron chi connectivity index (χ4n) is 3.24. The number of hydrogen-bond donors (Lipinski definition) is 1. The van der Waals surface area contributed by atoms with E-state index in [4.69, 9.17) is 0 Å². The van der Waals surface area contributed by atoms with Gasteiger partial charge in [-0.1, -0.05) is 18.2 Å². The molecule has 0 unspecified atom stereocenters. The number of hydrogen-bond acceptors (Lipinski definition) is 6. The van der Waals surface area contributed by atoms with Crippen molar-refractivity contribution in [3.63, 3.8) is 0 Å². The third-order valence-corrected chi connectivity index (χ3v) is 4.67. The van der Waals surface area contributed by atoms with E-state index in [2.05, 4.69) is 15.0 Å². The van der Waals surface area contributed by atoms with Crippen molar-refractivity contribution in [1.29, 1.82) is 0 Å². The van der Waals surface area contributed by atoms with E-state index in [1.807, 2.05) is 18.2 Å². The summed E-state index contributed by atoms with van der Waals surface area (Å²) in [5.41, 5.74) is 1.23. The number of likely N-dealkylation sites (tertiary alicyclic amines) is 1. The van der Waals surface area contributed by atoms with Crippen LogP contribution in [0.1, 0.15) is 39.1 Å². The molecule has 28 heavy (non-hydrogen) atoms. The maximum atomic E-state index is 12.7. The Morgan fingerprint density at radius 3 is 2.50 bits per heavy atom. The summed E-state index contributed by atoms with van der Waals surface area (Å²) in [5.74, 6) is -1.27. The Morgan fingerprint density at radius 2 is 1.82 bits per heavy atom. The normalized spacial score (nSPS) is 13.9. The second kappa shape index (κ2) is 8.62. The summed E-state index contributed by atoms with van der Waals surface area (Å²) < 4.78 is 4.62. The maximum absolute atomic E-state index is 12.7. The van der Waals surface area contributed by atoms with Gasteiger partial charge in [0.15, 0.2) is 0 Å². The Bertz CT molecular complexity index is 906. The van der Waals surface area contributed by atoms with Gasteiger partial charge in [-0.15, -0.1) is 0 Å². The molecule has 8 nitrogen and oxygen atoms in total. The van der Waals surface area contributed by atoms with Gasteiger partial charge in [0.05, 0.1) is 17.6 Å². The lowest BCUT2D eigenvalue weighted by molar-refractivity contribution is -0.384. The van der Waals surface area contributed by atoms with E-state index in [9.17, 15) is 19.7 Å². The van der Waals surface area contributed by atoms with E-state index in [-0.39, 0.29) is 16.8 Å². The molecule has 0 saturated carbocycles. The standard InChI is InChI=1S/C20H21N3O5/c1-28-20(25)16-10-15(11-17(12-16)23(26)27)19(24)21-18-7-3-2-6-14(18)13-22-8-4-5-9-22/h2-3,6-7,10-12H,4-5,8-9,13H2,1H3,(H,21,24). The van der Waals surface area contributed by atoms with Gasteiger partial charge in [0, 0.05) is 29.9 Å². The van der Waals surface area contributed by atoms with Gasteiger partial charge in [0.1, 0.15) is 0 Å². The second-order valence-electron chi connectivity index (χ2n) is 6.61. The molecule has 146 valence electrons. The van der Waals surface area contributed by atoms with Crippen LogP contribution in [0, 0.1) is 10.1 Å². The first-order valence-electron chi connectivity index (χ1n) is 8.97. The fraction of sp³-hybridized carbons (Fsp3) is 0.300. The SMILES string of the molecule is COC(=O)c1cc(C(=O)Nc2ccccc2CN2CCCC2)cc([N+](=O)[O-])c1. The van der Waals surface area contributed by atoms with Crippen molar-refractivity contribution < 1.29 is 19.2 Å². The molecule has 0 bridgehead atoms. The van der Waals surface area contributed by atoms with E-state index in [1.54, 1.807) is 6.07 Å². The van der Waals surface area contributed by atoms with Crippen LogP contribution in [0.5, 0.6) is 0 Å². The number of anilines is 1. The van der Waals surface area contributed by atoms with Crippen molar-refractivity contribution in [2.24, 2.45) is 0 Å². The van der Waals surface area contributed by atoms with E-state index in [0.29, 0.717) is 5.69 Å². The van der Waals surface area contributed by atoms with Crippen molar-refractivity contribution in [1.82, 2.24) is 4.90 Å². The molecule has 1 aliphatic heterocycles. The van der Waals surface area contributed by atoms with Gasteiger partial charge in [-0.05, 0) is 43.6 Å². The number of carbonyl (C=O) groups excluding carboxylic acids is 2. The molecule has 1 saturated heterocycles. The molecule has 1 N–H and O–H groups in total. The number of non-ortho nitro benzene ring substituents is 1. The van der Waals surface area contributed by atoms with Gasteiger partial charge in [0.25, 0.3) is 11.6 Å². The smallest absolute Gasteiger partial charge is 0.338 e. The summed E-state index contributed by atoms with van der Waals surface area (Å²) >= 11 is 0. The highest BCUT2D eigenvalue weighted by molar-refractivity contribution is 6.06. The Balaban J connectivity index is 1.86. The lowest BCUT2D eigenvalue weighted by Crippen LogP contribution is -2.20. The van der Waals surface area contributed by atoms with Crippen LogP contribution in [-0.4, -0.2) is 41.9 Å². The summed E-state index contributed by atoms with van der Waals surface area (Å²) in [6, 6.07) is 11.0. The molecule has 2 aromatic carbocycles. The van der Waals surface area contributed by atoms with Crippen LogP contribution in [0.3, 0.4) is 0 Å². The van der Waals surface area contributed by atoms with E-state index < -0.39 is 16.8 Å². The lowest BCUT2D eigenvalue weighted by atomic mass is 10.1. The number of rotatable bonds is 6. The number of esters is 1. The van der Waals surface area contributed by atoms with Gasteiger partial charge in [0.2, 0.25) is 0 Å². The zero-order valence-electron chi connectivity index (χ0n) is 15.5. The highest BCUT2D eigenvalue weighted by atomic mass is 16.6. The Kier molecular flexibility index (Phi) is 6.00. The molecule has 3 rings (SSSR count). The largest absolute Gasteiger partial charge is 0.465 e. The number of benzene rings is 2. The van der Waals surface area contributed by atoms with Crippen molar-refractivity contribution in [2.75, 3.05) is 25.5 Å². The van der Waals surface area contributed by atoms with Crippen molar-refractivity contribution in [3.05, 3.63) is 69.3 Å². The van der Waals surface area contributed by atoms with Crippen LogP contribution in [0.2, 0.25) is 0 Å². The number of para-hydroxylation sites is 1. The zero-order valence-corrected chi connectivity index (χ0v) is 15.5. The first kappa shape index (κ1) is 19.5. The number of amides is 1. The average Bonchev–Trinajstić information content (AvgIpc) is 3.21. The van der Waals surface area contributed by atoms with Gasteiger partial charge >= 0.3 is 5.97 Å². The molecule has 0 spiro atoms.